The van der Waals surface area contributed by atoms with Gasteiger partial charge in [-0.2, -0.15) is 0 Å². The molecule has 0 fully saturated rings. The van der Waals surface area contributed by atoms with Gasteiger partial charge in [0, 0.05) is 6.07 Å². The van der Waals surface area contributed by atoms with E-state index in [9.17, 15) is 0 Å². The summed E-state index contributed by atoms with van der Waals surface area (Å²) in [4.78, 5) is 0. The van der Waals surface area contributed by atoms with Crippen molar-refractivity contribution in [3.63, 3.8) is 0 Å². The van der Waals surface area contributed by atoms with Crippen molar-refractivity contribution in [1.29, 1.82) is 0 Å². The Bertz CT molecular complexity index is 695. The molecule has 4 nitrogen and oxygen atoms in total. The number of hydrogen-bond acceptors (Lipinski definition) is 4. The minimum Gasteiger partial charge on any atom is -0.438 e. The topological polar surface area (TPSA) is 55.2 Å². The van der Waals surface area contributed by atoms with E-state index in [0.717, 1.165) is 11.1 Å². The summed E-state index contributed by atoms with van der Waals surface area (Å²) in [6.45, 7) is -0.126. The molecule has 3 rings (SSSR count). The lowest BCUT2D eigenvalue weighted by Gasteiger charge is -2.06. The zero-order chi connectivity index (χ0) is 14.5. The van der Waals surface area contributed by atoms with Crippen LogP contribution in [0.25, 0.3) is 11.1 Å². The van der Waals surface area contributed by atoms with Gasteiger partial charge in [-0.3, -0.25) is 0 Å². The summed E-state index contributed by atoms with van der Waals surface area (Å²) in [5.74, 6) is 1.10. The molecule has 3 aromatic rings. The summed E-state index contributed by atoms with van der Waals surface area (Å²) < 4.78 is 5.61. The van der Waals surface area contributed by atoms with E-state index in [1.54, 1.807) is 12.1 Å². The minimum absolute atomic E-state index is 0.126. The smallest absolute Gasteiger partial charge is 0.238 e. The summed E-state index contributed by atoms with van der Waals surface area (Å²) in [6, 6.07) is 21.3. The Morgan fingerprint density at radius 1 is 0.762 bits per heavy atom. The van der Waals surface area contributed by atoms with Crippen LogP contribution in [0.15, 0.2) is 66.7 Å². The van der Waals surface area contributed by atoms with Gasteiger partial charge in [0.25, 0.3) is 0 Å². The van der Waals surface area contributed by atoms with Crippen LogP contribution in [0.3, 0.4) is 0 Å². The van der Waals surface area contributed by atoms with Gasteiger partial charge in [0.2, 0.25) is 5.88 Å². The Morgan fingerprint density at radius 2 is 1.48 bits per heavy atom. The Kier molecular flexibility index (Phi) is 3.89. The van der Waals surface area contributed by atoms with E-state index in [-0.39, 0.29) is 6.61 Å². The number of aliphatic hydroxyl groups is 1. The van der Waals surface area contributed by atoms with Crippen LogP contribution in [0.4, 0.5) is 0 Å². The molecule has 2 aromatic carbocycles. The average molecular weight is 278 g/mol. The highest BCUT2D eigenvalue weighted by atomic mass is 16.5. The van der Waals surface area contributed by atoms with Gasteiger partial charge in [-0.25, -0.2) is 0 Å². The van der Waals surface area contributed by atoms with E-state index < -0.39 is 0 Å². The molecule has 1 aromatic heterocycles. The molecule has 1 N–H and O–H groups in total. The second-order valence-electron chi connectivity index (χ2n) is 4.51. The van der Waals surface area contributed by atoms with Crippen LogP contribution in [0.5, 0.6) is 11.6 Å². The number of hydrogen-bond donors (Lipinski definition) is 1. The maximum Gasteiger partial charge on any atom is 0.238 e. The van der Waals surface area contributed by atoms with Crippen molar-refractivity contribution in [3.05, 3.63) is 72.4 Å². The lowest BCUT2D eigenvalue weighted by molar-refractivity contribution is 0.274. The highest BCUT2D eigenvalue weighted by Crippen LogP contribution is 2.24. The standard InChI is InChI=1S/C17H14N2O2/c20-12-15-8-11-17(19-18-15)21-16-9-6-14(7-10-16)13-4-2-1-3-5-13/h1-11,20H,12H2. The van der Waals surface area contributed by atoms with Gasteiger partial charge in [-0.15, -0.1) is 10.2 Å². The van der Waals surface area contributed by atoms with Crippen molar-refractivity contribution in [2.45, 2.75) is 6.61 Å². The largest absolute Gasteiger partial charge is 0.438 e. The molecular weight excluding hydrogens is 264 g/mol. The van der Waals surface area contributed by atoms with E-state index in [1.165, 1.54) is 0 Å². The number of nitrogens with zero attached hydrogens (tertiary/aromatic N) is 2. The van der Waals surface area contributed by atoms with E-state index >= 15 is 0 Å². The average Bonchev–Trinajstić information content (AvgIpc) is 2.57. The molecule has 0 bridgehead atoms. The Hall–Kier alpha value is -2.72. The fraction of sp³-hybridized carbons (Fsp3) is 0.0588. The molecule has 0 atom stereocenters. The molecule has 0 aliphatic heterocycles. The molecule has 4 heteroatoms. The van der Waals surface area contributed by atoms with Crippen LogP contribution < -0.4 is 4.74 Å². The van der Waals surface area contributed by atoms with Crippen molar-refractivity contribution >= 4 is 0 Å². The number of ether oxygens (including phenoxy) is 1. The van der Waals surface area contributed by atoms with Crippen LogP contribution in [-0.2, 0) is 6.61 Å². The van der Waals surface area contributed by atoms with Gasteiger partial charge >= 0.3 is 0 Å². The molecule has 0 spiro atoms. The number of benzene rings is 2. The fourth-order valence-corrected chi connectivity index (χ4v) is 1.95. The van der Waals surface area contributed by atoms with E-state index in [4.69, 9.17) is 9.84 Å². The highest BCUT2D eigenvalue weighted by molar-refractivity contribution is 5.63. The zero-order valence-corrected chi connectivity index (χ0v) is 11.3. The van der Waals surface area contributed by atoms with Crippen LogP contribution in [0, 0.1) is 0 Å². The summed E-state index contributed by atoms with van der Waals surface area (Å²) >= 11 is 0. The third kappa shape index (κ3) is 3.24. The second kappa shape index (κ2) is 6.15. The first-order valence-corrected chi connectivity index (χ1v) is 6.62. The molecule has 0 aliphatic carbocycles. The summed E-state index contributed by atoms with van der Waals surface area (Å²) in [7, 11) is 0. The van der Waals surface area contributed by atoms with Crippen LogP contribution in [0.2, 0.25) is 0 Å². The van der Waals surface area contributed by atoms with Gasteiger partial charge in [0.1, 0.15) is 5.75 Å². The maximum absolute atomic E-state index is 8.91. The first-order valence-electron chi connectivity index (χ1n) is 6.62. The lowest BCUT2D eigenvalue weighted by atomic mass is 10.1. The Balaban J connectivity index is 1.75. The molecule has 21 heavy (non-hydrogen) atoms. The normalized spacial score (nSPS) is 10.3. The quantitative estimate of drug-likeness (QED) is 0.794. The number of rotatable bonds is 4. The van der Waals surface area contributed by atoms with E-state index in [2.05, 4.69) is 22.3 Å². The molecule has 0 saturated carbocycles. The number of aromatic nitrogens is 2. The predicted molar refractivity (Wildman–Crippen MR) is 79.9 cm³/mol. The zero-order valence-electron chi connectivity index (χ0n) is 11.3. The van der Waals surface area contributed by atoms with Gasteiger partial charge in [-0.1, -0.05) is 42.5 Å². The van der Waals surface area contributed by atoms with Gasteiger partial charge in [0.15, 0.2) is 0 Å². The van der Waals surface area contributed by atoms with Gasteiger partial charge in [-0.05, 0) is 29.3 Å². The Morgan fingerprint density at radius 3 is 2.10 bits per heavy atom. The summed E-state index contributed by atoms with van der Waals surface area (Å²) in [5, 5.41) is 16.6. The third-order valence-corrected chi connectivity index (χ3v) is 3.04. The minimum atomic E-state index is -0.126. The van der Waals surface area contributed by atoms with Crippen molar-refractivity contribution in [2.24, 2.45) is 0 Å². The summed E-state index contributed by atoms with van der Waals surface area (Å²) in [6.07, 6.45) is 0. The molecular formula is C17H14N2O2. The fourth-order valence-electron chi connectivity index (χ4n) is 1.95. The molecule has 104 valence electrons. The molecule has 1 heterocycles. The predicted octanol–water partition coefficient (Wildman–Crippen LogP) is 3.43. The van der Waals surface area contributed by atoms with Crippen molar-refractivity contribution in [1.82, 2.24) is 10.2 Å². The SMILES string of the molecule is OCc1ccc(Oc2ccc(-c3ccccc3)cc2)nn1. The molecule has 0 unspecified atom stereocenters. The first-order chi connectivity index (χ1) is 10.3. The molecule has 0 saturated heterocycles. The van der Waals surface area contributed by atoms with Crippen molar-refractivity contribution < 1.29 is 9.84 Å². The highest BCUT2D eigenvalue weighted by Gasteiger charge is 2.01. The van der Waals surface area contributed by atoms with E-state index in [0.29, 0.717) is 17.3 Å². The second-order valence-corrected chi connectivity index (χ2v) is 4.51. The van der Waals surface area contributed by atoms with Crippen molar-refractivity contribution in [3.8, 4) is 22.8 Å². The molecule has 0 radical (unpaired) electrons. The van der Waals surface area contributed by atoms with Crippen molar-refractivity contribution in [2.75, 3.05) is 0 Å². The molecule has 0 aliphatic rings. The monoisotopic (exact) mass is 278 g/mol. The summed E-state index contributed by atoms with van der Waals surface area (Å²) in [5.41, 5.74) is 2.81. The van der Waals surface area contributed by atoms with E-state index in [1.807, 2.05) is 42.5 Å². The first kappa shape index (κ1) is 13.3. The lowest BCUT2D eigenvalue weighted by Crippen LogP contribution is -1.94. The maximum atomic E-state index is 8.91. The third-order valence-electron chi connectivity index (χ3n) is 3.04. The number of aliphatic hydroxyl groups excluding tert-OH is 1. The van der Waals surface area contributed by atoms with Crippen LogP contribution >= 0.6 is 0 Å². The van der Waals surface area contributed by atoms with Gasteiger partial charge < -0.3 is 9.84 Å². The van der Waals surface area contributed by atoms with Crippen LogP contribution in [-0.4, -0.2) is 15.3 Å². The Labute approximate surface area is 122 Å². The molecule has 0 amide bonds. The van der Waals surface area contributed by atoms with Gasteiger partial charge in [0.05, 0.1) is 12.3 Å². The van der Waals surface area contributed by atoms with Crippen LogP contribution in [0.1, 0.15) is 5.69 Å².